The van der Waals surface area contributed by atoms with Gasteiger partial charge < -0.3 is 14.2 Å². The fraction of sp³-hybridized carbons (Fsp3) is 0.545. The van der Waals surface area contributed by atoms with Crippen molar-refractivity contribution < 1.29 is 14.2 Å². The summed E-state index contributed by atoms with van der Waals surface area (Å²) in [5, 5.41) is 0. The summed E-state index contributed by atoms with van der Waals surface area (Å²) in [6.45, 7) is 9.23. The lowest BCUT2D eigenvalue weighted by molar-refractivity contribution is 0.215. The maximum Gasteiger partial charge on any atom is 0.203 e. The van der Waals surface area contributed by atoms with Crippen LogP contribution in [0.1, 0.15) is 58.9 Å². The third-order valence-corrected chi connectivity index (χ3v) is 4.48. The average molecular weight is 347 g/mol. The number of ether oxygens (including phenoxy) is 3. The van der Waals surface area contributed by atoms with Crippen LogP contribution >= 0.6 is 0 Å². The van der Waals surface area contributed by atoms with Crippen LogP contribution in [0, 0.1) is 5.92 Å². The summed E-state index contributed by atoms with van der Waals surface area (Å²) in [5.41, 5.74) is 2.24. The highest BCUT2D eigenvalue weighted by Crippen LogP contribution is 2.39. The Hall–Kier alpha value is -1.90. The summed E-state index contributed by atoms with van der Waals surface area (Å²) in [4.78, 5) is 0. The molecule has 0 radical (unpaired) electrons. The molecular weight excluding hydrogens is 312 g/mol. The van der Waals surface area contributed by atoms with Gasteiger partial charge in [0.2, 0.25) is 5.75 Å². The molecule has 0 fully saturated rings. The Bertz CT molecular complexity index is 548. The molecule has 0 aliphatic carbocycles. The molecule has 1 aromatic carbocycles. The van der Waals surface area contributed by atoms with E-state index in [1.165, 1.54) is 24.8 Å². The first-order chi connectivity index (χ1) is 12.1. The summed E-state index contributed by atoms with van der Waals surface area (Å²) in [6, 6.07) is 3.98. The maximum atomic E-state index is 6.12. The van der Waals surface area contributed by atoms with E-state index in [9.17, 15) is 0 Å². The third-order valence-electron chi connectivity index (χ3n) is 4.48. The van der Waals surface area contributed by atoms with Gasteiger partial charge in [-0.2, -0.15) is 0 Å². The Morgan fingerprint density at radius 1 is 1.12 bits per heavy atom. The first-order valence-electron chi connectivity index (χ1n) is 9.29. The van der Waals surface area contributed by atoms with Gasteiger partial charge >= 0.3 is 0 Å². The fourth-order valence-corrected chi connectivity index (χ4v) is 2.56. The molecule has 1 atom stereocenters. The lowest BCUT2D eigenvalue weighted by atomic mass is 10.0. The van der Waals surface area contributed by atoms with Gasteiger partial charge in [0.15, 0.2) is 11.5 Å². The van der Waals surface area contributed by atoms with E-state index < -0.39 is 0 Å². The molecule has 1 unspecified atom stereocenters. The highest BCUT2D eigenvalue weighted by molar-refractivity contribution is 5.63. The van der Waals surface area contributed by atoms with Crippen molar-refractivity contribution in [3.8, 4) is 17.2 Å². The number of benzene rings is 1. The van der Waals surface area contributed by atoms with Crippen molar-refractivity contribution in [1.82, 2.24) is 0 Å². The second-order valence-corrected chi connectivity index (χ2v) is 6.35. The van der Waals surface area contributed by atoms with Crippen molar-refractivity contribution >= 4 is 6.08 Å². The highest BCUT2D eigenvalue weighted by Gasteiger charge is 2.16. The van der Waals surface area contributed by atoms with Gasteiger partial charge in [-0.25, -0.2) is 0 Å². The van der Waals surface area contributed by atoms with Gasteiger partial charge in [-0.3, -0.25) is 0 Å². The molecule has 25 heavy (non-hydrogen) atoms. The van der Waals surface area contributed by atoms with Gasteiger partial charge in [-0.1, -0.05) is 56.9 Å². The molecule has 0 N–H and O–H groups in total. The second kappa shape index (κ2) is 11.6. The minimum atomic E-state index is 0.561. The number of rotatable bonds is 11. The van der Waals surface area contributed by atoms with Gasteiger partial charge in [0, 0.05) is 0 Å². The molecule has 0 aliphatic rings. The van der Waals surface area contributed by atoms with Crippen LogP contribution in [-0.4, -0.2) is 20.8 Å². The predicted molar refractivity (Wildman–Crippen MR) is 107 cm³/mol. The van der Waals surface area contributed by atoms with Crippen molar-refractivity contribution in [2.24, 2.45) is 5.92 Å². The standard InChI is InChI=1S/C22H34O3/c1-7-10-11-18(9-3)16-25-22-20(23-5)14-19(15-21(22)24-6)13-12-17(4)8-2/h8,12-15,18H,7,9-11,16H2,1-6H3/b13-12+,17-8+. The highest BCUT2D eigenvalue weighted by atomic mass is 16.5. The van der Waals surface area contributed by atoms with Crippen molar-refractivity contribution in [2.45, 2.75) is 53.4 Å². The molecule has 0 aliphatic heterocycles. The number of allylic oxidation sites excluding steroid dienone is 3. The van der Waals surface area contributed by atoms with Crippen molar-refractivity contribution in [2.75, 3.05) is 20.8 Å². The Morgan fingerprint density at radius 3 is 2.24 bits per heavy atom. The van der Waals surface area contributed by atoms with E-state index in [2.05, 4.69) is 39.0 Å². The summed E-state index contributed by atoms with van der Waals surface area (Å²) < 4.78 is 17.2. The summed E-state index contributed by atoms with van der Waals surface area (Å²) in [5.74, 6) is 2.68. The lowest BCUT2D eigenvalue weighted by Gasteiger charge is -2.19. The zero-order chi connectivity index (χ0) is 18.7. The first kappa shape index (κ1) is 21.1. The Morgan fingerprint density at radius 2 is 1.76 bits per heavy atom. The van der Waals surface area contributed by atoms with Crippen LogP contribution in [0.5, 0.6) is 17.2 Å². The molecule has 3 nitrogen and oxygen atoms in total. The lowest BCUT2D eigenvalue weighted by Crippen LogP contribution is -2.12. The van der Waals surface area contributed by atoms with Crippen LogP contribution in [0.2, 0.25) is 0 Å². The Labute approximate surface area is 153 Å². The van der Waals surface area contributed by atoms with Gasteiger partial charge in [0.1, 0.15) is 0 Å². The Kier molecular flexibility index (Phi) is 9.83. The van der Waals surface area contributed by atoms with E-state index in [-0.39, 0.29) is 0 Å². The molecule has 1 aromatic rings. The van der Waals surface area contributed by atoms with E-state index in [4.69, 9.17) is 14.2 Å². The molecule has 3 heteroatoms. The molecule has 0 saturated heterocycles. The predicted octanol–water partition coefficient (Wildman–Crippen LogP) is 6.28. The number of hydrogen-bond acceptors (Lipinski definition) is 3. The molecular formula is C22H34O3. The minimum Gasteiger partial charge on any atom is -0.493 e. The molecule has 0 saturated carbocycles. The summed E-state index contributed by atoms with van der Waals surface area (Å²) in [7, 11) is 3.33. The van der Waals surface area contributed by atoms with Crippen molar-refractivity contribution in [1.29, 1.82) is 0 Å². The maximum absolute atomic E-state index is 6.12. The van der Waals surface area contributed by atoms with Crippen LogP contribution in [0.3, 0.4) is 0 Å². The number of methoxy groups -OCH3 is 2. The minimum absolute atomic E-state index is 0.561. The van der Waals surface area contributed by atoms with E-state index in [0.717, 1.165) is 12.0 Å². The Balaban J connectivity index is 3.00. The van der Waals surface area contributed by atoms with Crippen molar-refractivity contribution in [3.63, 3.8) is 0 Å². The van der Waals surface area contributed by atoms with Crippen LogP contribution in [0.15, 0.2) is 29.9 Å². The smallest absolute Gasteiger partial charge is 0.203 e. The SMILES string of the molecule is C/C=C(C)/C=C/c1cc(OC)c(OCC(CC)CCCC)c(OC)c1. The largest absolute Gasteiger partial charge is 0.493 e. The van der Waals surface area contributed by atoms with Gasteiger partial charge in [-0.15, -0.1) is 0 Å². The van der Waals surface area contributed by atoms with Crippen LogP contribution in [-0.2, 0) is 0 Å². The average Bonchev–Trinajstić information content (AvgIpc) is 2.65. The molecule has 0 heterocycles. The van der Waals surface area contributed by atoms with E-state index >= 15 is 0 Å². The number of hydrogen-bond donors (Lipinski definition) is 0. The zero-order valence-corrected chi connectivity index (χ0v) is 16.7. The molecule has 140 valence electrons. The molecule has 0 amide bonds. The van der Waals surface area contributed by atoms with E-state index in [0.29, 0.717) is 29.8 Å². The third kappa shape index (κ3) is 6.85. The molecule has 0 bridgehead atoms. The monoisotopic (exact) mass is 346 g/mol. The number of unbranched alkanes of at least 4 members (excludes halogenated alkanes) is 1. The van der Waals surface area contributed by atoms with E-state index in [1.54, 1.807) is 14.2 Å². The van der Waals surface area contributed by atoms with Crippen LogP contribution in [0.25, 0.3) is 6.08 Å². The van der Waals surface area contributed by atoms with Crippen LogP contribution in [0.4, 0.5) is 0 Å². The molecule has 0 spiro atoms. The zero-order valence-electron chi connectivity index (χ0n) is 16.7. The molecule has 1 rings (SSSR count). The van der Waals surface area contributed by atoms with Crippen molar-refractivity contribution in [3.05, 3.63) is 35.4 Å². The fourth-order valence-electron chi connectivity index (χ4n) is 2.56. The van der Waals surface area contributed by atoms with Gasteiger partial charge in [0.25, 0.3) is 0 Å². The normalized spacial score (nSPS) is 13.1. The summed E-state index contributed by atoms with van der Waals surface area (Å²) >= 11 is 0. The quantitative estimate of drug-likeness (QED) is 0.441. The topological polar surface area (TPSA) is 27.7 Å². The molecule has 0 aromatic heterocycles. The second-order valence-electron chi connectivity index (χ2n) is 6.35. The van der Waals surface area contributed by atoms with Gasteiger partial charge in [-0.05, 0) is 43.9 Å². The summed E-state index contributed by atoms with van der Waals surface area (Å²) in [6.07, 6.45) is 11.0. The van der Waals surface area contributed by atoms with E-state index in [1.807, 2.05) is 19.1 Å². The van der Waals surface area contributed by atoms with Crippen LogP contribution < -0.4 is 14.2 Å². The van der Waals surface area contributed by atoms with Gasteiger partial charge in [0.05, 0.1) is 20.8 Å². The first-order valence-corrected chi connectivity index (χ1v) is 9.29.